The van der Waals surface area contributed by atoms with Crippen molar-refractivity contribution in [2.75, 3.05) is 47.7 Å². The van der Waals surface area contributed by atoms with Crippen molar-refractivity contribution in [2.24, 2.45) is 0 Å². The first-order valence-corrected chi connectivity index (χ1v) is 13.0. The number of halogens is 10. The summed E-state index contributed by atoms with van der Waals surface area (Å²) in [5, 5.41) is 9.51. The lowest BCUT2D eigenvalue weighted by Crippen LogP contribution is -2.41. The molecule has 45 heavy (non-hydrogen) atoms. The lowest BCUT2D eigenvalue weighted by molar-refractivity contribution is -0.211. The average molecular weight is 707 g/mol. The molecular weight excluding hydrogens is 671 g/mol. The van der Waals surface area contributed by atoms with E-state index in [9.17, 15) is 50.2 Å². The van der Waals surface area contributed by atoms with Crippen LogP contribution in [-0.4, -0.2) is 99.4 Å². The summed E-state index contributed by atoms with van der Waals surface area (Å²) in [5.41, 5.74) is 0.869. The van der Waals surface area contributed by atoms with Crippen molar-refractivity contribution in [1.29, 1.82) is 0 Å². The summed E-state index contributed by atoms with van der Waals surface area (Å²) in [6, 6.07) is 12.8. The van der Waals surface area contributed by atoms with Gasteiger partial charge in [0.1, 0.15) is 0 Å². The second-order valence-electron chi connectivity index (χ2n) is 8.05. The van der Waals surface area contributed by atoms with Gasteiger partial charge in [-0.3, -0.25) is 9.50 Å². The van der Waals surface area contributed by atoms with Crippen LogP contribution < -0.4 is 0 Å². The Labute approximate surface area is 266 Å². The summed E-state index contributed by atoms with van der Waals surface area (Å²) in [6.45, 7) is 0. The van der Waals surface area contributed by atoms with E-state index in [0.717, 1.165) is 26.1 Å². The first-order chi connectivity index (χ1) is 20.4. The summed E-state index contributed by atoms with van der Waals surface area (Å²) in [5.74, 6) is -2.65. The molecule has 0 spiro atoms. The lowest BCUT2D eigenvalue weighted by Gasteiger charge is -2.21. The molecule has 0 saturated heterocycles. The number of hydrogen-bond acceptors (Lipinski definition) is 7. The van der Waals surface area contributed by atoms with E-state index in [4.69, 9.17) is 23.2 Å². The topological polar surface area (TPSA) is 96.4 Å². The van der Waals surface area contributed by atoms with Gasteiger partial charge in [-0.1, -0.05) is 60.7 Å². The molecule has 2 rings (SSSR count). The summed E-state index contributed by atoms with van der Waals surface area (Å²) in [7, 11) is 6.77. The number of alkyl halides is 9. The van der Waals surface area contributed by atoms with Gasteiger partial charge >= 0.3 is 30.8 Å². The van der Waals surface area contributed by atoms with E-state index in [-0.39, 0.29) is 14.9 Å². The van der Waals surface area contributed by atoms with Crippen molar-refractivity contribution in [1.82, 2.24) is 9.80 Å². The van der Waals surface area contributed by atoms with Gasteiger partial charge in [-0.2, -0.15) is 17.6 Å². The van der Waals surface area contributed by atoms with Crippen molar-refractivity contribution >= 4 is 41.0 Å². The van der Waals surface area contributed by atoms with Crippen molar-refractivity contribution in [3.63, 3.8) is 0 Å². The number of amides is 1. The zero-order valence-electron chi connectivity index (χ0n) is 25.0. The van der Waals surface area contributed by atoms with Crippen molar-refractivity contribution in [3.8, 4) is 0 Å². The molecule has 0 fully saturated rings. The molecule has 0 saturated carbocycles. The summed E-state index contributed by atoms with van der Waals surface area (Å²) < 4.78 is 90.5. The molecule has 0 aliphatic heterocycles. The Morgan fingerprint density at radius 2 is 1.13 bits per heavy atom. The molecule has 0 bridgehead atoms. The summed E-state index contributed by atoms with van der Waals surface area (Å²) in [6.07, 6.45) is -9.33. The molecule has 0 aromatic heterocycles. The smallest absolute Gasteiger partial charge is 0.364 e. The minimum Gasteiger partial charge on any atom is -0.467 e. The first-order valence-electron chi connectivity index (χ1n) is 11.9. The monoisotopic (exact) mass is 706 g/mol. The number of aliphatic hydroxyl groups excluding tert-OH is 1. The molecule has 2 atom stereocenters. The van der Waals surface area contributed by atoms with E-state index in [0.29, 0.717) is 11.1 Å². The number of hydrogen-bond donors (Lipinski definition) is 1. The van der Waals surface area contributed by atoms with Crippen LogP contribution in [0.15, 0.2) is 60.7 Å². The third kappa shape index (κ3) is 22.0. The zero-order valence-corrected chi connectivity index (χ0v) is 26.5. The Balaban J connectivity index is -0.000000243. The maximum absolute atomic E-state index is 13.1. The van der Waals surface area contributed by atoms with Crippen molar-refractivity contribution in [3.05, 3.63) is 71.8 Å². The number of benzene rings is 2. The minimum absolute atomic E-state index is 0. The minimum atomic E-state index is -4.00. The van der Waals surface area contributed by atoms with Gasteiger partial charge in [-0.15, -0.1) is 23.2 Å². The van der Waals surface area contributed by atoms with Crippen LogP contribution >= 0.6 is 23.2 Å². The fraction of sp³-hybridized carbons (Fsp3) is 0.444. The molecule has 18 heteroatoms. The van der Waals surface area contributed by atoms with E-state index in [1.165, 1.54) is 21.2 Å². The van der Waals surface area contributed by atoms with Crippen LogP contribution in [-0.2, 0) is 23.9 Å². The molecule has 8 nitrogen and oxygen atoms in total. The molecule has 0 heterocycles. The van der Waals surface area contributed by atoms with E-state index < -0.39 is 49.0 Å². The number of esters is 2. The summed E-state index contributed by atoms with van der Waals surface area (Å²) >= 11 is 9.53. The molecule has 0 aliphatic rings. The summed E-state index contributed by atoms with van der Waals surface area (Å²) in [4.78, 5) is 32.6. The largest absolute Gasteiger partial charge is 0.467 e. The normalized spacial score (nSPS) is 11.3. The van der Waals surface area contributed by atoms with E-state index in [1.54, 1.807) is 54.6 Å². The predicted octanol–water partition coefficient (Wildman–Crippen LogP) is 6.08. The highest BCUT2D eigenvalue weighted by molar-refractivity contribution is 6.40. The standard InChI is InChI=1S/C9H9FO2.C9H10O3.C4H7F4N.C4H7F2NO.CH2Cl2.FH/c2*1-12-9(11)8(10)7-5-3-2-4-6-7;1-9(2)4(7,8)3(5)6;1-7(2)4(8)3(5)6;2-1-3;/h2-6,8H,1H3;2-6,8,10H,1H3;3H,1-2H3;3H,1-2H3;1H2;1H/t2*8-;;;;/m10..../s1. The molecule has 1 N–H and O–H groups in total. The van der Waals surface area contributed by atoms with Gasteiger partial charge in [-0.25, -0.2) is 27.7 Å². The number of methoxy groups -OCH3 is 2. The number of nitrogens with zero attached hydrogens (tertiary/aromatic N) is 2. The maximum Gasteiger partial charge on any atom is 0.364 e. The van der Waals surface area contributed by atoms with Gasteiger partial charge in [-0.05, 0) is 25.2 Å². The Morgan fingerprint density at radius 3 is 1.36 bits per heavy atom. The quantitative estimate of drug-likeness (QED) is 0.161. The Kier molecular flexibility index (Phi) is 29.4. The third-order valence-corrected chi connectivity index (χ3v) is 4.53. The highest BCUT2D eigenvalue weighted by Gasteiger charge is 2.42. The highest BCUT2D eigenvalue weighted by atomic mass is 35.5. The molecule has 0 aliphatic carbocycles. The lowest BCUT2D eigenvalue weighted by atomic mass is 10.1. The van der Waals surface area contributed by atoms with Crippen molar-refractivity contribution < 1.29 is 64.4 Å². The van der Waals surface area contributed by atoms with Crippen LogP contribution in [0.5, 0.6) is 0 Å². The van der Waals surface area contributed by atoms with Crippen LogP contribution in [0.1, 0.15) is 23.4 Å². The molecule has 1 amide bonds. The Morgan fingerprint density at radius 1 is 0.778 bits per heavy atom. The van der Waals surface area contributed by atoms with Crippen LogP contribution in [0.2, 0.25) is 0 Å². The van der Waals surface area contributed by atoms with Crippen LogP contribution in [0, 0.1) is 0 Å². The van der Waals surface area contributed by atoms with E-state index >= 15 is 0 Å². The third-order valence-electron chi connectivity index (χ3n) is 4.53. The molecule has 0 radical (unpaired) electrons. The molecule has 260 valence electrons. The van der Waals surface area contributed by atoms with Gasteiger partial charge in [0.15, 0.2) is 6.10 Å². The number of rotatable bonds is 7. The number of carbonyl (C=O) groups is 3. The fourth-order valence-electron chi connectivity index (χ4n) is 2.13. The van der Waals surface area contributed by atoms with Crippen LogP contribution in [0.4, 0.5) is 35.4 Å². The average Bonchev–Trinajstić information content (AvgIpc) is 3.01. The second-order valence-corrected chi connectivity index (χ2v) is 8.86. The van der Waals surface area contributed by atoms with Crippen LogP contribution in [0.3, 0.4) is 0 Å². The highest BCUT2D eigenvalue weighted by Crippen LogP contribution is 2.24. The number of carbonyl (C=O) groups excluding carboxylic acids is 3. The molecule has 2 aromatic rings. The number of aliphatic hydroxyl groups is 1. The van der Waals surface area contributed by atoms with Gasteiger partial charge in [0.2, 0.25) is 6.17 Å². The second kappa shape index (κ2) is 27.1. The van der Waals surface area contributed by atoms with Crippen molar-refractivity contribution in [2.45, 2.75) is 31.2 Å². The van der Waals surface area contributed by atoms with Gasteiger partial charge in [0.05, 0.1) is 19.6 Å². The predicted molar refractivity (Wildman–Crippen MR) is 154 cm³/mol. The number of ether oxygens (including phenoxy) is 2. The first kappa shape index (κ1) is 48.7. The van der Waals surface area contributed by atoms with E-state index in [1.807, 2.05) is 6.07 Å². The fourth-order valence-corrected chi connectivity index (χ4v) is 2.13. The van der Waals surface area contributed by atoms with Gasteiger partial charge < -0.3 is 19.5 Å². The van der Waals surface area contributed by atoms with Gasteiger partial charge in [0.25, 0.3) is 5.91 Å². The van der Waals surface area contributed by atoms with Gasteiger partial charge in [0, 0.05) is 14.1 Å². The molecule has 2 aromatic carbocycles. The Bertz CT molecular complexity index is 967. The van der Waals surface area contributed by atoms with Crippen LogP contribution in [0.25, 0.3) is 0 Å². The maximum atomic E-state index is 13.1. The van der Waals surface area contributed by atoms with E-state index in [2.05, 4.69) is 9.47 Å². The zero-order chi connectivity index (χ0) is 35.0. The molecule has 0 unspecified atom stereocenters. The Hall–Kier alpha value is -3.21. The SMILES string of the molecule is CN(C)C(=O)C(F)F.CN(C)C(F)(F)C(F)F.COC(=O)[C@@H](O)c1ccccc1.COC(=O)[C@H](F)c1ccccc1.ClCCl.F. The molecular formula is C27H36Cl2F8N2O6.